The number of para-hydroxylation sites is 5. The van der Waals surface area contributed by atoms with Crippen LogP contribution >= 0.6 is 0 Å². The maximum atomic E-state index is 12.1. The van der Waals surface area contributed by atoms with Gasteiger partial charge in [0.25, 0.3) is 0 Å². The van der Waals surface area contributed by atoms with E-state index in [1.165, 1.54) is 0 Å². The monoisotopic (exact) mass is 995 g/mol. The van der Waals surface area contributed by atoms with E-state index in [0.717, 1.165) is 121 Å². The van der Waals surface area contributed by atoms with Gasteiger partial charge in [0.1, 0.15) is 17.2 Å². The number of hydrogen-bond acceptors (Lipinski definition) is 5. The Morgan fingerprint density at radius 3 is 1.31 bits per heavy atom. The average molecular weight is 996 g/mol. The zero-order chi connectivity index (χ0) is 51.4. The molecule has 0 bridgehead atoms. The fraction of sp³-hybridized carbons (Fsp3) is 0. The molecule has 0 spiro atoms. The summed E-state index contributed by atoms with van der Waals surface area (Å²) >= 11 is 0. The molecule has 5 heterocycles. The van der Waals surface area contributed by atoms with Crippen molar-refractivity contribution in [3.8, 4) is 68.4 Å². The lowest BCUT2D eigenvalue weighted by molar-refractivity contribution is 0.673. The van der Waals surface area contributed by atoms with E-state index < -0.39 is 0 Å². The van der Waals surface area contributed by atoms with Crippen molar-refractivity contribution in [2.45, 2.75) is 0 Å². The molecule has 8 heteroatoms. The van der Waals surface area contributed by atoms with Gasteiger partial charge in [-0.2, -0.15) is 5.26 Å². The lowest BCUT2D eigenvalue weighted by atomic mass is 10.0. The molecule has 0 atom stereocenters. The first-order valence-corrected chi connectivity index (χ1v) is 26.1. The fourth-order valence-corrected chi connectivity index (χ4v) is 12.2. The van der Waals surface area contributed by atoms with Crippen molar-refractivity contribution in [2.24, 2.45) is 0 Å². The van der Waals surface area contributed by atoms with Crippen LogP contribution < -0.4 is 0 Å². The standard InChI is InChI=1S/C70H41N7O/c71-42-47-41-55(70-73-68(44-22-6-2-7-23-44)72-69(74-70)45-24-8-3-9-25-45)65(76-58-33-17-12-28-50(58)51-29-13-18-34-59(51)76)66(64(47)75-56-31-15-10-26-48(56)49-27-11-16-32-57(49)75)77-60-38-36-46(43-20-4-1-5-21-43)40-54(60)63-61(77)39-37-53-52-30-14-19-35-62(52)78-67(53)63/h1-41H. The summed E-state index contributed by atoms with van der Waals surface area (Å²) in [6.45, 7) is 0. The Morgan fingerprint density at radius 1 is 0.321 bits per heavy atom. The van der Waals surface area contributed by atoms with Crippen molar-refractivity contribution in [3.63, 3.8) is 0 Å². The molecule has 0 N–H and O–H groups in total. The average Bonchev–Trinajstić information content (AvgIpc) is 4.27. The molecule has 78 heavy (non-hydrogen) atoms. The number of hydrogen-bond donors (Lipinski definition) is 0. The molecule has 362 valence electrons. The predicted molar refractivity (Wildman–Crippen MR) is 317 cm³/mol. The Bertz CT molecular complexity index is 4990. The van der Waals surface area contributed by atoms with E-state index in [4.69, 9.17) is 19.4 Å². The third kappa shape index (κ3) is 6.43. The number of furan rings is 1. The van der Waals surface area contributed by atoms with Crippen LogP contribution in [0.25, 0.3) is 150 Å². The second kappa shape index (κ2) is 17.1. The third-order valence-electron chi connectivity index (χ3n) is 15.5. The van der Waals surface area contributed by atoms with E-state index in [-0.39, 0.29) is 0 Å². The Labute approximate surface area is 446 Å². The smallest absolute Gasteiger partial charge is 0.166 e. The summed E-state index contributed by atoms with van der Waals surface area (Å²) in [5.74, 6) is 1.44. The highest BCUT2D eigenvalue weighted by atomic mass is 16.3. The van der Waals surface area contributed by atoms with Gasteiger partial charge in [0, 0.05) is 54.4 Å². The lowest BCUT2D eigenvalue weighted by Gasteiger charge is -2.25. The van der Waals surface area contributed by atoms with Crippen molar-refractivity contribution >= 4 is 87.4 Å². The summed E-state index contributed by atoms with van der Waals surface area (Å²) in [6, 6.07) is 89.1. The van der Waals surface area contributed by atoms with Gasteiger partial charge >= 0.3 is 0 Å². The van der Waals surface area contributed by atoms with Gasteiger partial charge in [0.2, 0.25) is 0 Å². The number of nitrogens with zero attached hydrogens (tertiary/aromatic N) is 7. The van der Waals surface area contributed by atoms with Crippen LogP contribution in [0.2, 0.25) is 0 Å². The fourth-order valence-electron chi connectivity index (χ4n) is 12.2. The molecule has 0 aliphatic carbocycles. The molecular formula is C70H41N7O. The van der Waals surface area contributed by atoms with Gasteiger partial charge in [-0.15, -0.1) is 0 Å². The van der Waals surface area contributed by atoms with Gasteiger partial charge in [-0.1, -0.05) is 188 Å². The molecular weight excluding hydrogens is 955 g/mol. The summed E-state index contributed by atoms with van der Waals surface area (Å²) in [7, 11) is 0. The normalized spacial score (nSPS) is 11.8. The van der Waals surface area contributed by atoms with Crippen molar-refractivity contribution in [2.75, 3.05) is 0 Å². The van der Waals surface area contributed by atoms with Gasteiger partial charge in [-0.3, -0.25) is 0 Å². The van der Waals surface area contributed by atoms with E-state index in [1.54, 1.807) is 0 Å². The third-order valence-corrected chi connectivity index (χ3v) is 15.5. The maximum Gasteiger partial charge on any atom is 0.166 e. The Hall–Kier alpha value is -10.9. The minimum atomic E-state index is 0.415. The summed E-state index contributed by atoms with van der Waals surface area (Å²) in [5.41, 5.74) is 14.5. The van der Waals surface area contributed by atoms with Crippen molar-refractivity contribution in [1.29, 1.82) is 5.26 Å². The zero-order valence-corrected chi connectivity index (χ0v) is 41.7. The quantitative estimate of drug-likeness (QED) is 0.159. The Morgan fingerprint density at radius 2 is 0.756 bits per heavy atom. The maximum absolute atomic E-state index is 12.1. The van der Waals surface area contributed by atoms with Crippen molar-refractivity contribution in [3.05, 3.63) is 254 Å². The van der Waals surface area contributed by atoms with Crippen LogP contribution in [0.3, 0.4) is 0 Å². The first-order chi connectivity index (χ1) is 38.7. The molecule has 0 fully saturated rings. The number of nitriles is 1. The number of benzene rings is 11. The van der Waals surface area contributed by atoms with Crippen LogP contribution in [-0.2, 0) is 0 Å². The number of fused-ring (bicyclic) bond motifs is 13. The lowest BCUT2D eigenvalue weighted by Crippen LogP contribution is -2.13. The molecule has 5 aromatic heterocycles. The molecule has 11 aromatic carbocycles. The molecule has 0 unspecified atom stereocenters. The van der Waals surface area contributed by atoms with Crippen LogP contribution in [-0.4, -0.2) is 28.7 Å². The van der Waals surface area contributed by atoms with E-state index >= 15 is 0 Å². The molecule has 0 aliphatic rings. The second-order valence-corrected chi connectivity index (χ2v) is 19.8. The second-order valence-electron chi connectivity index (χ2n) is 19.8. The van der Waals surface area contributed by atoms with Gasteiger partial charge in [0.15, 0.2) is 17.5 Å². The topological polar surface area (TPSA) is 90.4 Å². The molecule has 16 rings (SSSR count). The van der Waals surface area contributed by atoms with Crippen molar-refractivity contribution < 1.29 is 4.42 Å². The van der Waals surface area contributed by atoms with Gasteiger partial charge < -0.3 is 18.1 Å². The molecule has 0 saturated carbocycles. The summed E-state index contributed by atoms with van der Waals surface area (Å²) in [6.07, 6.45) is 0. The molecule has 0 saturated heterocycles. The van der Waals surface area contributed by atoms with E-state index in [1.807, 2.05) is 78.9 Å². The zero-order valence-electron chi connectivity index (χ0n) is 41.7. The first-order valence-electron chi connectivity index (χ1n) is 26.1. The summed E-state index contributed by atoms with van der Waals surface area (Å²) in [5, 5.41) is 20.5. The molecule has 16 aromatic rings. The van der Waals surface area contributed by atoms with Gasteiger partial charge in [0.05, 0.1) is 61.1 Å². The minimum Gasteiger partial charge on any atom is -0.455 e. The van der Waals surface area contributed by atoms with Gasteiger partial charge in [-0.25, -0.2) is 15.0 Å². The largest absolute Gasteiger partial charge is 0.455 e. The first kappa shape index (κ1) is 43.5. The van der Waals surface area contributed by atoms with Crippen LogP contribution in [0.1, 0.15) is 5.56 Å². The highest BCUT2D eigenvalue weighted by Crippen LogP contribution is 2.49. The van der Waals surface area contributed by atoms with Crippen LogP contribution in [0.4, 0.5) is 0 Å². The highest BCUT2D eigenvalue weighted by Gasteiger charge is 2.32. The van der Waals surface area contributed by atoms with E-state index in [9.17, 15) is 5.26 Å². The summed E-state index contributed by atoms with van der Waals surface area (Å²) in [4.78, 5) is 16.1. The predicted octanol–water partition coefficient (Wildman–Crippen LogP) is 17.6. The molecule has 0 amide bonds. The minimum absolute atomic E-state index is 0.415. The van der Waals surface area contributed by atoms with E-state index in [0.29, 0.717) is 34.3 Å². The van der Waals surface area contributed by atoms with Crippen LogP contribution in [0, 0.1) is 11.3 Å². The van der Waals surface area contributed by atoms with E-state index in [2.05, 4.69) is 190 Å². The molecule has 0 radical (unpaired) electrons. The highest BCUT2D eigenvalue weighted by molar-refractivity contribution is 6.25. The number of rotatable bonds is 7. The summed E-state index contributed by atoms with van der Waals surface area (Å²) < 4.78 is 14.1. The Kier molecular flexibility index (Phi) is 9.53. The van der Waals surface area contributed by atoms with Gasteiger partial charge in [-0.05, 0) is 71.8 Å². The number of aromatic nitrogens is 6. The molecule has 8 nitrogen and oxygen atoms in total. The molecule has 0 aliphatic heterocycles. The Balaban J connectivity index is 1.18. The van der Waals surface area contributed by atoms with Crippen LogP contribution in [0.5, 0.6) is 0 Å². The van der Waals surface area contributed by atoms with Crippen LogP contribution in [0.15, 0.2) is 253 Å². The SMILES string of the molecule is N#Cc1cc(-c2nc(-c3ccccc3)nc(-c3ccccc3)n2)c(-n2c3ccccc3c3ccccc32)c(-n2c3ccc(-c4ccccc4)cc3c3c4oc5ccccc5c4ccc32)c1-n1c2ccccc2c2ccccc21. The van der Waals surface area contributed by atoms with Crippen molar-refractivity contribution in [1.82, 2.24) is 28.7 Å².